The average molecular weight is 262 g/mol. The van der Waals surface area contributed by atoms with E-state index >= 15 is 0 Å². The zero-order chi connectivity index (χ0) is 13.7. The molecule has 0 saturated carbocycles. The van der Waals surface area contributed by atoms with E-state index in [9.17, 15) is 14.0 Å². The van der Waals surface area contributed by atoms with Crippen molar-refractivity contribution in [1.29, 1.82) is 0 Å². The predicted octanol–water partition coefficient (Wildman–Crippen LogP) is -1.49. The Hall–Kier alpha value is -1.51. The van der Waals surface area contributed by atoms with Crippen molar-refractivity contribution in [2.75, 3.05) is 13.3 Å². The normalized spacial score (nSPS) is 14.4. The highest BCUT2D eigenvalue weighted by Crippen LogP contribution is 2.01. The lowest BCUT2D eigenvalue weighted by atomic mass is 10.2. The molecule has 102 valence electrons. The second-order valence-electron chi connectivity index (χ2n) is 3.78. The Balaban J connectivity index is 2.77. The van der Waals surface area contributed by atoms with Gasteiger partial charge in [-0.1, -0.05) is 0 Å². The number of hydrogen-bond donors (Lipinski definition) is 3. The van der Waals surface area contributed by atoms with Gasteiger partial charge in [0.25, 0.3) is 5.56 Å². The molecule has 1 aromatic heterocycles. The lowest BCUT2D eigenvalue weighted by Crippen LogP contribution is -2.37. The summed E-state index contributed by atoms with van der Waals surface area (Å²) >= 11 is 0. The summed E-state index contributed by atoms with van der Waals surface area (Å²) in [5, 5.41) is 18.0. The maximum atomic E-state index is 12.2. The lowest BCUT2D eigenvalue weighted by molar-refractivity contribution is -0.0936. The summed E-state index contributed by atoms with van der Waals surface area (Å²) in [6, 6.07) is 0. The maximum Gasteiger partial charge on any atom is 0.330 e. The monoisotopic (exact) mass is 262 g/mol. The van der Waals surface area contributed by atoms with E-state index < -0.39 is 36.7 Å². The third-order valence-corrected chi connectivity index (χ3v) is 2.38. The molecule has 0 aliphatic rings. The molecule has 1 rings (SSSR count). The number of H-pyrrole nitrogens is 1. The average Bonchev–Trinajstić information content (AvgIpc) is 2.35. The number of halogens is 1. The van der Waals surface area contributed by atoms with Crippen LogP contribution in [0.3, 0.4) is 0 Å². The predicted molar refractivity (Wildman–Crippen MR) is 60.0 cm³/mol. The van der Waals surface area contributed by atoms with Gasteiger partial charge in [0.2, 0.25) is 0 Å². The van der Waals surface area contributed by atoms with Crippen LogP contribution in [0.5, 0.6) is 0 Å². The molecule has 1 aromatic rings. The Kier molecular flexibility index (Phi) is 5.20. The van der Waals surface area contributed by atoms with Crippen LogP contribution in [0, 0.1) is 6.92 Å². The van der Waals surface area contributed by atoms with Gasteiger partial charge in [-0.2, -0.15) is 0 Å². The molecule has 1 heterocycles. The highest BCUT2D eigenvalue weighted by Gasteiger charge is 2.19. The van der Waals surface area contributed by atoms with Crippen molar-refractivity contribution < 1.29 is 19.3 Å². The molecular weight excluding hydrogens is 247 g/mol. The molecule has 1 unspecified atom stereocenters. The number of nitrogens with zero attached hydrogens (tertiary/aromatic N) is 1. The van der Waals surface area contributed by atoms with Crippen molar-refractivity contribution in [3.05, 3.63) is 32.6 Å². The molecule has 0 bridgehead atoms. The Morgan fingerprint density at radius 1 is 1.56 bits per heavy atom. The van der Waals surface area contributed by atoms with Crippen molar-refractivity contribution >= 4 is 0 Å². The summed E-state index contributed by atoms with van der Waals surface area (Å²) in [5.74, 6) is 0. The van der Waals surface area contributed by atoms with Crippen molar-refractivity contribution in [3.8, 4) is 0 Å². The zero-order valence-corrected chi connectivity index (χ0v) is 9.80. The minimum absolute atomic E-state index is 0.307. The van der Waals surface area contributed by atoms with Gasteiger partial charge in [-0.3, -0.25) is 14.3 Å². The summed E-state index contributed by atoms with van der Waals surface area (Å²) in [7, 11) is 0. The summed E-state index contributed by atoms with van der Waals surface area (Å²) in [6.07, 6.45) is -1.32. The van der Waals surface area contributed by atoms with Crippen LogP contribution in [-0.4, -0.2) is 45.3 Å². The summed E-state index contributed by atoms with van der Waals surface area (Å²) in [4.78, 5) is 24.5. The molecule has 0 aliphatic heterocycles. The highest BCUT2D eigenvalue weighted by atomic mass is 19.1. The Labute approximate surface area is 101 Å². The molecule has 0 radical (unpaired) electrons. The summed E-state index contributed by atoms with van der Waals surface area (Å²) in [5.41, 5.74) is -0.874. The minimum atomic E-state index is -1.46. The van der Waals surface area contributed by atoms with Crippen molar-refractivity contribution in [2.45, 2.75) is 25.9 Å². The molecular formula is C10H15FN2O5. The molecule has 7 nitrogen and oxygen atoms in total. The molecule has 18 heavy (non-hydrogen) atoms. The van der Waals surface area contributed by atoms with Gasteiger partial charge in [0.1, 0.15) is 25.6 Å². The van der Waals surface area contributed by atoms with Crippen LogP contribution in [0.25, 0.3) is 0 Å². The second kappa shape index (κ2) is 6.43. The van der Waals surface area contributed by atoms with Crippen LogP contribution in [0.1, 0.15) is 5.56 Å². The van der Waals surface area contributed by atoms with Gasteiger partial charge in [-0.15, -0.1) is 0 Å². The van der Waals surface area contributed by atoms with E-state index in [4.69, 9.17) is 14.9 Å². The summed E-state index contributed by atoms with van der Waals surface area (Å²) in [6.45, 7) is -0.444. The maximum absolute atomic E-state index is 12.2. The number of nitrogens with one attached hydrogen (secondary N) is 1. The number of aromatic nitrogens is 2. The van der Waals surface area contributed by atoms with Gasteiger partial charge in [-0.25, -0.2) is 9.18 Å². The van der Waals surface area contributed by atoms with Gasteiger partial charge in [-0.05, 0) is 6.92 Å². The Bertz CT molecular complexity index is 498. The smallest absolute Gasteiger partial charge is 0.330 e. The molecule has 8 heteroatoms. The topological polar surface area (TPSA) is 105 Å². The van der Waals surface area contributed by atoms with Crippen LogP contribution in [-0.2, 0) is 11.5 Å². The number of alkyl halides is 1. The van der Waals surface area contributed by atoms with Crippen LogP contribution < -0.4 is 11.2 Å². The van der Waals surface area contributed by atoms with E-state index in [2.05, 4.69) is 4.98 Å². The first-order valence-corrected chi connectivity index (χ1v) is 5.26. The quantitative estimate of drug-likeness (QED) is 0.579. The fourth-order valence-corrected chi connectivity index (χ4v) is 1.28. The third-order valence-electron chi connectivity index (χ3n) is 2.38. The fourth-order valence-electron chi connectivity index (χ4n) is 1.28. The molecule has 2 atom stereocenters. The molecule has 0 saturated heterocycles. The third kappa shape index (κ3) is 3.49. The SMILES string of the molecule is Cc1cn(CO[C@H](CO)C(O)CF)c(=O)[nH]c1=O. The molecule has 0 fully saturated rings. The van der Waals surface area contributed by atoms with E-state index in [0.29, 0.717) is 5.56 Å². The molecule has 0 amide bonds. The first kappa shape index (κ1) is 14.6. The van der Waals surface area contributed by atoms with Crippen LogP contribution in [0.4, 0.5) is 4.39 Å². The Morgan fingerprint density at radius 3 is 2.78 bits per heavy atom. The van der Waals surface area contributed by atoms with E-state index in [-0.39, 0.29) is 6.73 Å². The number of aromatic amines is 1. The largest absolute Gasteiger partial charge is 0.394 e. The number of aryl methyl sites for hydroxylation is 1. The van der Waals surface area contributed by atoms with Gasteiger partial charge in [0, 0.05) is 11.8 Å². The van der Waals surface area contributed by atoms with Crippen LogP contribution in [0.2, 0.25) is 0 Å². The van der Waals surface area contributed by atoms with E-state index in [1.165, 1.54) is 13.1 Å². The molecule has 0 spiro atoms. The zero-order valence-electron chi connectivity index (χ0n) is 9.80. The van der Waals surface area contributed by atoms with Gasteiger partial charge in [0.05, 0.1) is 6.61 Å². The van der Waals surface area contributed by atoms with Gasteiger partial charge in [0.15, 0.2) is 0 Å². The van der Waals surface area contributed by atoms with E-state index in [1.807, 2.05) is 0 Å². The first-order valence-electron chi connectivity index (χ1n) is 5.26. The fraction of sp³-hybridized carbons (Fsp3) is 0.600. The second-order valence-corrected chi connectivity index (χ2v) is 3.78. The van der Waals surface area contributed by atoms with E-state index in [0.717, 1.165) is 4.57 Å². The number of rotatable bonds is 6. The number of hydrogen-bond acceptors (Lipinski definition) is 5. The van der Waals surface area contributed by atoms with Crippen molar-refractivity contribution in [3.63, 3.8) is 0 Å². The number of aliphatic hydroxyl groups is 2. The molecule has 3 N–H and O–H groups in total. The standard InChI is InChI=1S/C10H15FN2O5/c1-6-3-13(10(17)12-9(6)16)5-18-8(4-14)7(15)2-11/h3,7-8,14-15H,2,4-5H2,1H3,(H,12,16,17)/t7?,8-/m1/s1. The lowest BCUT2D eigenvalue weighted by Gasteiger charge is -2.19. The summed E-state index contributed by atoms with van der Waals surface area (Å²) < 4.78 is 18.2. The molecule has 0 aromatic carbocycles. The van der Waals surface area contributed by atoms with Gasteiger partial charge < -0.3 is 14.9 Å². The molecule has 0 aliphatic carbocycles. The van der Waals surface area contributed by atoms with Crippen molar-refractivity contribution in [2.24, 2.45) is 0 Å². The minimum Gasteiger partial charge on any atom is -0.394 e. The van der Waals surface area contributed by atoms with Crippen molar-refractivity contribution in [1.82, 2.24) is 9.55 Å². The number of aliphatic hydroxyl groups excluding tert-OH is 2. The number of ether oxygens (including phenoxy) is 1. The Morgan fingerprint density at radius 2 is 2.22 bits per heavy atom. The first-order chi connectivity index (χ1) is 8.49. The van der Waals surface area contributed by atoms with Crippen LogP contribution in [0.15, 0.2) is 15.8 Å². The van der Waals surface area contributed by atoms with E-state index in [1.54, 1.807) is 0 Å². The van der Waals surface area contributed by atoms with Gasteiger partial charge >= 0.3 is 5.69 Å². The highest BCUT2D eigenvalue weighted by molar-refractivity contribution is 5.00. The van der Waals surface area contributed by atoms with Crippen LogP contribution >= 0.6 is 0 Å².